The van der Waals surface area contributed by atoms with Crippen LogP contribution in [0.25, 0.3) is 0 Å². The Bertz CT molecular complexity index is 2250. The number of amides is 3. The zero-order valence-electron chi connectivity index (χ0n) is 25.8. The van der Waals surface area contributed by atoms with Crippen molar-refractivity contribution in [2.24, 2.45) is 34.7 Å². The Kier molecular flexibility index (Phi) is 7.70. The Hall–Kier alpha value is -4.84. The maximum absolute atomic E-state index is 14.0. The Balaban J connectivity index is 1.08. The molecule has 1 aromatic heterocycles. The van der Waals surface area contributed by atoms with Crippen molar-refractivity contribution in [3.05, 3.63) is 103 Å². The number of carbonyl (C=O) groups excluding carboxylic acids is 3. The maximum Gasteiger partial charge on any atom is 0.305 e. The number of benzene rings is 3. The van der Waals surface area contributed by atoms with E-state index in [9.17, 15) is 37.7 Å². The van der Waals surface area contributed by atoms with Crippen LogP contribution >= 0.6 is 23.1 Å². The first-order valence-corrected chi connectivity index (χ1v) is 18.8. The fraction of sp³-hybridized carbons (Fsp3) is 0.273. The molecule has 3 fully saturated rings. The number of nitrogens with two attached hydrogens (primary N) is 1. The summed E-state index contributed by atoms with van der Waals surface area (Å²) in [6, 6.07) is 18.1. The number of ether oxygens (including phenoxy) is 1. The first-order valence-electron chi connectivity index (χ1n) is 15.6. The summed E-state index contributed by atoms with van der Waals surface area (Å²) in [6.45, 7) is -0.367. The van der Waals surface area contributed by atoms with Gasteiger partial charge < -0.3 is 15.0 Å². The summed E-state index contributed by atoms with van der Waals surface area (Å²) in [5, 5.41) is 19.7. The van der Waals surface area contributed by atoms with E-state index in [1.165, 1.54) is 65.2 Å². The lowest BCUT2D eigenvalue weighted by Crippen LogP contribution is -2.42. The summed E-state index contributed by atoms with van der Waals surface area (Å²) in [6.07, 6.45) is 0.661. The number of H-pyrrole nitrogens is 1. The fourth-order valence-corrected chi connectivity index (χ4v) is 11.7. The van der Waals surface area contributed by atoms with Gasteiger partial charge in [-0.15, -0.1) is 11.8 Å². The lowest BCUT2D eigenvalue weighted by Gasteiger charge is -2.43. The zero-order valence-corrected chi connectivity index (χ0v) is 28.2. The molecule has 2 aliphatic heterocycles. The number of thioether (sulfide) groups is 1. The quantitative estimate of drug-likeness (QED) is 0.136. The predicted molar refractivity (Wildman–Crippen MR) is 182 cm³/mol. The second-order valence-electron chi connectivity index (χ2n) is 12.7. The number of fused-ring (bicyclic) bond motifs is 9. The van der Waals surface area contributed by atoms with Crippen LogP contribution < -0.4 is 25.0 Å². The van der Waals surface area contributed by atoms with E-state index in [0.717, 1.165) is 26.8 Å². The van der Waals surface area contributed by atoms with Gasteiger partial charge in [0.05, 0.1) is 32.4 Å². The van der Waals surface area contributed by atoms with Crippen LogP contribution in [0.5, 0.6) is 5.75 Å². The summed E-state index contributed by atoms with van der Waals surface area (Å²) in [7, 11) is -3.89. The molecule has 256 valence electrons. The van der Waals surface area contributed by atoms with E-state index in [-0.39, 0.29) is 62.8 Å². The van der Waals surface area contributed by atoms with Crippen molar-refractivity contribution in [3.8, 4) is 5.75 Å². The number of imide groups is 1. The molecular formula is C33H27N5O9S3. The van der Waals surface area contributed by atoms with Crippen molar-refractivity contribution in [3.63, 3.8) is 0 Å². The number of nitro benzene ring substituents is 1. The van der Waals surface area contributed by atoms with Crippen molar-refractivity contribution >= 4 is 67.9 Å². The van der Waals surface area contributed by atoms with Gasteiger partial charge in [0.2, 0.25) is 21.8 Å². The van der Waals surface area contributed by atoms with Gasteiger partial charge in [0.1, 0.15) is 5.75 Å². The van der Waals surface area contributed by atoms with Crippen molar-refractivity contribution in [2.45, 2.75) is 27.5 Å². The highest BCUT2D eigenvalue weighted by molar-refractivity contribution is 8.00. The SMILES string of the molecule is NS(=O)(=O)c1ccc(NC(=O)COc2ccccc2[C@@H]2c3sc(=O)[nH]c3S[C@@H]3[C@@H]4C[C@@H]([C@@H]5C(=O)N(c6ccc([N+](=O)[O-])cc6)C(=O)[C@@H]45)[C@H]23)cc1. The van der Waals surface area contributed by atoms with Gasteiger partial charge in [-0.2, -0.15) is 0 Å². The minimum absolute atomic E-state index is 0.0887. The Morgan fingerprint density at radius 2 is 1.68 bits per heavy atom. The van der Waals surface area contributed by atoms with Crippen LogP contribution in [0, 0.1) is 39.7 Å². The average molecular weight is 734 g/mol. The number of primary sulfonamides is 1. The maximum atomic E-state index is 14.0. The van der Waals surface area contributed by atoms with Crippen LogP contribution in [0.2, 0.25) is 0 Å². The Labute approximate surface area is 292 Å². The van der Waals surface area contributed by atoms with E-state index < -0.39 is 32.7 Å². The standard InChI is InChI=1S/C33H27N5O9S3/c34-50(45,46)18-11-5-15(6-12-18)35-23(39)14-47-22-4-2-1-3-19(22)24-25-20-13-21(28(25)48-30-29(24)49-33(42)36-30)27-26(20)31(40)37(32(27)41)16-7-9-17(10-8-16)38(43)44/h1-12,20-21,24-28H,13-14H2,(H,35,39)(H,36,42)(H2,34,45,46)/t20-,21-,24+,25-,26+,27+,28-/m1/s1. The van der Waals surface area contributed by atoms with Crippen LogP contribution in [0.4, 0.5) is 17.1 Å². The van der Waals surface area contributed by atoms with Crippen LogP contribution in [0.3, 0.4) is 0 Å². The van der Waals surface area contributed by atoms with E-state index in [1.54, 1.807) is 12.1 Å². The first kappa shape index (κ1) is 32.4. The monoisotopic (exact) mass is 733 g/mol. The predicted octanol–water partition coefficient (Wildman–Crippen LogP) is 3.69. The number of hydrogen-bond acceptors (Lipinski definition) is 11. The van der Waals surface area contributed by atoms with Gasteiger partial charge in [0.25, 0.3) is 11.6 Å². The number of nitro groups is 1. The molecule has 17 heteroatoms. The van der Waals surface area contributed by atoms with Crippen molar-refractivity contribution in [1.29, 1.82) is 0 Å². The van der Waals surface area contributed by atoms with E-state index in [1.807, 2.05) is 12.1 Å². The summed E-state index contributed by atoms with van der Waals surface area (Å²) in [4.78, 5) is 68.8. The van der Waals surface area contributed by atoms with Crippen LogP contribution in [-0.4, -0.2) is 47.9 Å². The van der Waals surface area contributed by atoms with E-state index >= 15 is 0 Å². The van der Waals surface area contributed by atoms with E-state index in [2.05, 4.69) is 10.3 Å². The van der Waals surface area contributed by atoms with Crippen molar-refractivity contribution < 1.29 is 32.5 Å². The molecule has 0 spiro atoms. The minimum atomic E-state index is -3.89. The molecule has 8 rings (SSSR count). The molecule has 2 aliphatic carbocycles. The molecular weight excluding hydrogens is 707 g/mol. The van der Waals surface area contributed by atoms with Gasteiger partial charge in [0.15, 0.2) is 6.61 Å². The molecule has 1 saturated heterocycles. The number of nitrogens with zero attached hydrogens (tertiary/aromatic N) is 2. The van der Waals surface area contributed by atoms with E-state index in [0.29, 0.717) is 23.5 Å². The van der Waals surface area contributed by atoms with Crippen LogP contribution in [0.15, 0.2) is 87.5 Å². The summed E-state index contributed by atoms with van der Waals surface area (Å²) >= 11 is 2.64. The van der Waals surface area contributed by atoms with Crippen molar-refractivity contribution in [1.82, 2.24) is 4.98 Å². The smallest absolute Gasteiger partial charge is 0.305 e. The summed E-state index contributed by atoms with van der Waals surface area (Å²) in [5.41, 5.74) is 1.25. The molecule has 2 bridgehead atoms. The fourth-order valence-electron chi connectivity index (χ4n) is 8.28. The van der Waals surface area contributed by atoms with Gasteiger partial charge >= 0.3 is 4.87 Å². The number of rotatable bonds is 8. The largest absolute Gasteiger partial charge is 0.483 e. The highest BCUT2D eigenvalue weighted by Crippen LogP contribution is 2.69. The number of thiazole rings is 1. The normalized spacial score (nSPS) is 26.3. The molecule has 3 amide bonds. The molecule has 3 aromatic carbocycles. The Morgan fingerprint density at radius 3 is 2.36 bits per heavy atom. The Morgan fingerprint density at radius 1 is 1.00 bits per heavy atom. The zero-order chi connectivity index (χ0) is 35.1. The van der Waals surface area contributed by atoms with Crippen molar-refractivity contribution in [2.75, 3.05) is 16.8 Å². The molecule has 4 aromatic rings. The molecule has 14 nitrogen and oxygen atoms in total. The number of anilines is 2. The molecule has 2 saturated carbocycles. The molecule has 4 N–H and O–H groups in total. The van der Waals surface area contributed by atoms with E-state index in [4.69, 9.17) is 9.88 Å². The number of sulfonamides is 1. The number of aromatic nitrogens is 1. The molecule has 0 radical (unpaired) electrons. The lowest BCUT2D eigenvalue weighted by molar-refractivity contribution is -0.384. The van der Waals surface area contributed by atoms with Crippen LogP contribution in [0.1, 0.15) is 22.8 Å². The number of nitrogens with one attached hydrogen (secondary N) is 2. The summed E-state index contributed by atoms with van der Waals surface area (Å²) in [5.74, 6) is -2.64. The number of carbonyl (C=O) groups is 3. The van der Waals surface area contributed by atoms with Gasteiger partial charge in [0, 0.05) is 39.4 Å². The molecule has 3 heterocycles. The molecule has 4 aliphatic rings. The minimum Gasteiger partial charge on any atom is -0.483 e. The van der Waals surface area contributed by atoms with Gasteiger partial charge in [-0.25, -0.2) is 13.6 Å². The highest BCUT2D eigenvalue weighted by atomic mass is 32.2. The number of hydrogen-bond donors (Lipinski definition) is 3. The van der Waals surface area contributed by atoms with Gasteiger partial charge in [-0.3, -0.25) is 34.2 Å². The number of para-hydroxylation sites is 1. The number of aromatic amines is 1. The second-order valence-corrected chi connectivity index (χ2v) is 16.5. The average Bonchev–Trinajstić information content (AvgIpc) is 3.82. The van der Waals surface area contributed by atoms with Crippen LogP contribution in [-0.2, 0) is 24.4 Å². The lowest BCUT2D eigenvalue weighted by atomic mass is 9.68. The second kappa shape index (κ2) is 11.9. The third kappa shape index (κ3) is 5.23. The third-order valence-electron chi connectivity index (χ3n) is 10.1. The molecule has 50 heavy (non-hydrogen) atoms. The summed E-state index contributed by atoms with van der Waals surface area (Å²) < 4.78 is 29.2. The molecule has 0 unspecified atom stereocenters. The van der Waals surface area contributed by atoms with Gasteiger partial charge in [-0.05, 0) is 66.6 Å². The van der Waals surface area contributed by atoms with Gasteiger partial charge in [-0.1, -0.05) is 29.5 Å². The first-order chi connectivity index (χ1) is 23.9. The topological polar surface area (TPSA) is 212 Å². The third-order valence-corrected chi connectivity index (χ3v) is 13.6. The highest BCUT2D eigenvalue weighted by Gasteiger charge is 2.69. The molecule has 7 atom stereocenters. The number of non-ortho nitro benzene ring substituents is 1.